The molecule has 0 radical (unpaired) electrons. The molecule has 8 heteroatoms. The highest BCUT2D eigenvalue weighted by Gasteiger charge is 2.16. The fraction of sp³-hybridized carbons (Fsp3) is 0.208. The molecular formula is C24H24N2O3S3. The first kappa shape index (κ1) is 22.8. The van der Waals surface area contributed by atoms with Crippen LogP contribution in [-0.2, 0) is 22.3 Å². The van der Waals surface area contributed by atoms with Crippen molar-refractivity contribution in [3.63, 3.8) is 0 Å². The first-order valence-corrected chi connectivity index (χ1v) is 13.7. The van der Waals surface area contributed by atoms with Crippen LogP contribution >= 0.6 is 23.1 Å². The van der Waals surface area contributed by atoms with Crippen molar-refractivity contribution in [1.82, 2.24) is 9.29 Å². The maximum atomic E-state index is 12.7. The van der Waals surface area contributed by atoms with Crippen LogP contribution in [0.5, 0.6) is 0 Å². The third kappa shape index (κ3) is 5.50. The van der Waals surface area contributed by atoms with Crippen LogP contribution < -0.4 is 9.60 Å². The summed E-state index contributed by atoms with van der Waals surface area (Å²) in [6.45, 7) is 2.87. The maximum Gasteiger partial charge on any atom is 0.308 e. The zero-order valence-electron chi connectivity index (χ0n) is 17.7. The van der Waals surface area contributed by atoms with E-state index in [0.717, 1.165) is 28.2 Å². The van der Waals surface area contributed by atoms with Crippen molar-refractivity contribution in [3.05, 3.63) is 99.2 Å². The number of hydrogen-bond acceptors (Lipinski definition) is 5. The predicted molar refractivity (Wildman–Crippen MR) is 134 cm³/mol. The minimum Gasteiger partial charge on any atom is -0.294 e. The van der Waals surface area contributed by atoms with Crippen LogP contribution in [0.15, 0.2) is 82.5 Å². The molecular weight excluding hydrogens is 460 g/mol. The van der Waals surface area contributed by atoms with E-state index in [1.165, 1.54) is 11.1 Å². The van der Waals surface area contributed by atoms with Crippen molar-refractivity contribution in [2.45, 2.75) is 24.1 Å². The Balaban J connectivity index is 1.40. The van der Waals surface area contributed by atoms with Gasteiger partial charge in [-0.05, 0) is 36.2 Å². The number of sulfonamides is 1. The fourth-order valence-electron chi connectivity index (χ4n) is 3.45. The van der Waals surface area contributed by atoms with Crippen LogP contribution in [-0.4, -0.2) is 25.3 Å². The summed E-state index contributed by atoms with van der Waals surface area (Å²) in [6.07, 6.45) is 0. The number of hydrogen-bond donors (Lipinski definition) is 1. The van der Waals surface area contributed by atoms with Crippen LogP contribution in [0.25, 0.3) is 10.2 Å². The predicted octanol–water partition coefficient (Wildman–Crippen LogP) is 4.63. The van der Waals surface area contributed by atoms with Crippen molar-refractivity contribution in [3.8, 4) is 0 Å². The molecule has 1 N–H and O–H groups in total. The van der Waals surface area contributed by atoms with Gasteiger partial charge in [-0.3, -0.25) is 9.36 Å². The average molecular weight is 485 g/mol. The van der Waals surface area contributed by atoms with Gasteiger partial charge in [0.25, 0.3) is 0 Å². The van der Waals surface area contributed by atoms with E-state index in [0.29, 0.717) is 23.5 Å². The minimum atomic E-state index is -3.63. The molecule has 1 heterocycles. The van der Waals surface area contributed by atoms with E-state index in [2.05, 4.69) is 29.8 Å². The summed E-state index contributed by atoms with van der Waals surface area (Å²) in [5.74, 6) is 1.52. The summed E-state index contributed by atoms with van der Waals surface area (Å²) in [7, 11) is -3.63. The van der Waals surface area contributed by atoms with Gasteiger partial charge >= 0.3 is 4.87 Å². The van der Waals surface area contributed by atoms with Gasteiger partial charge in [0, 0.05) is 18.1 Å². The summed E-state index contributed by atoms with van der Waals surface area (Å²) >= 11 is 2.76. The molecule has 0 aliphatic heterocycles. The lowest BCUT2D eigenvalue weighted by molar-refractivity contribution is 0.584. The lowest BCUT2D eigenvalue weighted by atomic mass is 10.2. The van der Waals surface area contributed by atoms with Gasteiger partial charge in [-0.25, -0.2) is 13.1 Å². The van der Waals surface area contributed by atoms with Crippen molar-refractivity contribution >= 4 is 43.3 Å². The first-order valence-electron chi connectivity index (χ1n) is 10.2. The van der Waals surface area contributed by atoms with Crippen LogP contribution in [0.1, 0.15) is 16.7 Å². The second-order valence-electron chi connectivity index (χ2n) is 7.51. The van der Waals surface area contributed by atoms with E-state index in [9.17, 15) is 13.2 Å². The number of aromatic nitrogens is 1. The molecule has 4 rings (SSSR count). The van der Waals surface area contributed by atoms with Crippen molar-refractivity contribution in [1.29, 1.82) is 0 Å². The normalized spacial score (nSPS) is 11.8. The van der Waals surface area contributed by atoms with Gasteiger partial charge in [-0.15, -0.1) is 0 Å². The summed E-state index contributed by atoms with van der Waals surface area (Å²) < 4.78 is 30.5. The quantitative estimate of drug-likeness (QED) is 0.352. The molecule has 5 nitrogen and oxygen atoms in total. The Hall–Kier alpha value is -2.39. The van der Waals surface area contributed by atoms with Gasteiger partial charge in [0.15, 0.2) is 0 Å². The third-order valence-electron chi connectivity index (χ3n) is 5.02. The molecule has 4 aromatic rings. The molecule has 166 valence electrons. The fourth-order valence-corrected chi connectivity index (χ4v) is 6.45. The zero-order valence-corrected chi connectivity index (χ0v) is 20.1. The van der Waals surface area contributed by atoms with Gasteiger partial charge in [-0.2, -0.15) is 11.8 Å². The molecule has 0 atom stereocenters. The van der Waals surface area contributed by atoms with Gasteiger partial charge in [0.2, 0.25) is 10.0 Å². The van der Waals surface area contributed by atoms with E-state index >= 15 is 0 Å². The monoisotopic (exact) mass is 484 g/mol. The maximum absolute atomic E-state index is 12.7. The number of aryl methyl sites for hydroxylation is 1. The number of benzene rings is 3. The standard InChI is InChI=1S/C24H24N2O3S3/c1-18-6-5-9-20(14-18)17-30-13-12-25-32(28,29)21-10-11-22-23(15-21)31-24(27)26(22)16-19-7-3-2-4-8-19/h2-11,14-15,25H,12-13,16-17H2,1H3. The lowest BCUT2D eigenvalue weighted by Gasteiger charge is -2.08. The van der Waals surface area contributed by atoms with E-state index in [-0.39, 0.29) is 9.77 Å². The Morgan fingerprint density at radius 1 is 0.969 bits per heavy atom. The summed E-state index contributed by atoms with van der Waals surface area (Å²) in [5.41, 5.74) is 4.23. The van der Waals surface area contributed by atoms with E-state index in [4.69, 9.17) is 0 Å². The highest BCUT2D eigenvalue weighted by molar-refractivity contribution is 7.98. The molecule has 0 saturated heterocycles. The molecule has 1 aromatic heterocycles. The summed E-state index contributed by atoms with van der Waals surface area (Å²) in [4.78, 5) is 12.6. The zero-order chi connectivity index (χ0) is 22.6. The molecule has 0 aliphatic carbocycles. The Morgan fingerprint density at radius 3 is 2.53 bits per heavy atom. The smallest absolute Gasteiger partial charge is 0.294 e. The molecule has 3 aromatic carbocycles. The largest absolute Gasteiger partial charge is 0.308 e. The molecule has 0 aliphatic rings. The number of nitrogens with one attached hydrogen (secondary N) is 1. The topological polar surface area (TPSA) is 68.2 Å². The van der Waals surface area contributed by atoms with E-state index in [1.807, 2.05) is 36.4 Å². The number of thiazole rings is 1. The second-order valence-corrected chi connectivity index (χ2v) is 11.4. The van der Waals surface area contributed by atoms with Gasteiger partial charge in [-0.1, -0.05) is 71.5 Å². The molecule has 0 bridgehead atoms. The SMILES string of the molecule is Cc1cccc(CSCCNS(=O)(=O)c2ccc3c(c2)sc(=O)n3Cc2ccccc2)c1. The Labute approximate surface area is 196 Å². The number of fused-ring (bicyclic) bond motifs is 1. The number of rotatable bonds is 9. The second kappa shape index (κ2) is 10.0. The molecule has 0 saturated carbocycles. The van der Waals surface area contributed by atoms with Crippen LogP contribution in [0, 0.1) is 6.92 Å². The Kier molecular flexibility index (Phi) is 7.15. The van der Waals surface area contributed by atoms with Gasteiger partial charge < -0.3 is 0 Å². The third-order valence-corrected chi connectivity index (χ3v) is 8.45. The van der Waals surface area contributed by atoms with Crippen molar-refractivity contribution < 1.29 is 8.42 Å². The molecule has 0 unspecified atom stereocenters. The highest BCUT2D eigenvalue weighted by atomic mass is 32.2. The Bertz CT molecular complexity index is 1380. The van der Waals surface area contributed by atoms with E-state index < -0.39 is 10.0 Å². The molecule has 32 heavy (non-hydrogen) atoms. The summed E-state index contributed by atoms with van der Waals surface area (Å²) in [6, 6.07) is 22.9. The first-order chi connectivity index (χ1) is 15.4. The minimum absolute atomic E-state index is 0.0982. The lowest BCUT2D eigenvalue weighted by Crippen LogP contribution is -2.26. The van der Waals surface area contributed by atoms with Crippen molar-refractivity contribution in [2.75, 3.05) is 12.3 Å². The van der Waals surface area contributed by atoms with E-state index in [1.54, 1.807) is 34.5 Å². The van der Waals surface area contributed by atoms with Gasteiger partial charge in [0.05, 0.1) is 21.7 Å². The van der Waals surface area contributed by atoms with Crippen LogP contribution in [0.2, 0.25) is 0 Å². The summed E-state index contributed by atoms with van der Waals surface area (Å²) in [5, 5.41) is 0. The molecule has 0 amide bonds. The average Bonchev–Trinajstić information content (AvgIpc) is 3.08. The van der Waals surface area contributed by atoms with Crippen LogP contribution in [0.3, 0.4) is 0 Å². The van der Waals surface area contributed by atoms with Crippen molar-refractivity contribution in [2.24, 2.45) is 0 Å². The van der Waals surface area contributed by atoms with Gasteiger partial charge in [0.1, 0.15) is 0 Å². The Morgan fingerprint density at radius 2 is 1.75 bits per heavy atom. The molecule has 0 fully saturated rings. The molecule has 0 spiro atoms. The van der Waals surface area contributed by atoms with Crippen LogP contribution in [0.4, 0.5) is 0 Å². The number of thioether (sulfide) groups is 1. The number of nitrogens with zero attached hydrogens (tertiary/aromatic N) is 1. The highest BCUT2D eigenvalue weighted by Crippen LogP contribution is 2.22.